The largest absolute Gasteiger partial charge is 1.00 e. The van der Waals surface area contributed by atoms with Crippen LogP contribution in [0.25, 0.3) is 0 Å². The quantitative estimate of drug-likeness (QED) is 0.301. The van der Waals surface area contributed by atoms with Gasteiger partial charge in [-0.2, -0.15) is 0 Å². The molecule has 0 aromatic heterocycles. The Morgan fingerprint density at radius 3 is 1.50 bits per heavy atom. The van der Waals surface area contributed by atoms with Crippen molar-refractivity contribution in [2.45, 2.75) is 19.3 Å². The molecule has 0 aromatic rings. The molecule has 0 rings (SSSR count). The summed E-state index contributed by atoms with van der Waals surface area (Å²) in [7, 11) is -1.87. The third-order valence-electron chi connectivity index (χ3n) is 2.87. The molecule has 0 atom stereocenters. The zero-order valence-electron chi connectivity index (χ0n) is 10.7. The number of rotatable bonds is 11. The summed E-state index contributed by atoms with van der Waals surface area (Å²) in [6.07, 6.45) is 5.23. The fourth-order valence-corrected chi connectivity index (χ4v) is 5.94. The van der Waals surface area contributed by atoms with Gasteiger partial charge in [0.25, 0.3) is 5.52 Å². The van der Waals surface area contributed by atoms with Crippen LogP contribution in [-0.2, 0) is 4.79 Å². The summed E-state index contributed by atoms with van der Waals surface area (Å²) in [5, 5.41) is 26.8. The molecule has 6 heteroatoms. The second-order valence-electron chi connectivity index (χ2n) is 4.09. The lowest BCUT2D eigenvalue weighted by molar-refractivity contribution is -0.107. The van der Waals surface area contributed by atoms with Gasteiger partial charge in [0.2, 0.25) is 0 Å². The smallest absolute Gasteiger partial charge is 0.290 e. The molecule has 18 heavy (non-hydrogen) atoms. The molecule has 0 radical (unpaired) electrons. The van der Waals surface area contributed by atoms with Crippen LogP contribution in [0.5, 0.6) is 0 Å². The van der Waals surface area contributed by atoms with Gasteiger partial charge < -0.3 is 27.7 Å². The first-order valence-electron chi connectivity index (χ1n) is 6.02. The highest BCUT2D eigenvalue weighted by atomic mass is 35.5. The number of aliphatic hydroxyl groups is 3. The van der Waals surface area contributed by atoms with Crippen molar-refractivity contribution in [3.8, 4) is 0 Å². The van der Waals surface area contributed by atoms with Crippen molar-refractivity contribution in [1.29, 1.82) is 0 Å². The van der Waals surface area contributed by atoms with Crippen LogP contribution in [0.15, 0.2) is 12.7 Å². The number of hydrogen-bond donors (Lipinski definition) is 3. The zero-order valence-corrected chi connectivity index (χ0v) is 12.4. The first kappa shape index (κ1) is 20.3. The third-order valence-corrected chi connectivity index (χ3v) is 7.51. The van der Waals surface area contributed by atoms with E-state index in [2.05, 4.69) is 6.58 Å². The van der Waals surface area contributed by atoms with E-state index in [1.54, 1.807) is 0 Å². The molecular formula is C12H24ClO4P. The van der Waals surface area contributed by atoms with Crippen LogP contribution in [0.1, 0.15) is 19.3 Å². The zero-order chi connectivity index (χ0) is 13.1. The Balaban J connectivity index is 0. The van der Waals surface area contributed by atoms with Crippen molar-refractivity contribution < 1.29 is 32.5 Å². The first-order chi connectivity index (χ1) is 8.16. The van der Waals surface area contributed by atoms with E-state index in [0.717, 1.165) is 0 Å². The van der Waals surface area contributed by atoms with Gasteiger partial charge in [-0.15, -0.1) is 0 Å². The standard InChI is InChI=1S/C12H24O4P.ClH/c1-2-12(16)17(9-3-6-13,10-4-7-14)11-5-8-15;/h2,13-15H,1,3-11H2;1H/q+1;/p-1. The van der Waals surface area contributed by atoms with E-state index in [1.165, 1.54) is 6.08 Å². The molecule has 0 amide bonds. The Labute approximate surface area is 116 Å². The predicted octanol–water partition coefficient (Wildman–Crippen LogP) is -2.13. The van der Waals surface area contributed by atoms with Gasteiger partial charge in [-0.1, -0.05) is 6.58 Å². The van der Waals surface area contributed by atoms with Crippen LogP contribution in [0.3, 0.4) is 0 Å². The van der Waals surface area contributed by atoms with Crippen molar-refractivity contribution in [3.05, 3.63) is 12.7 Å². The molecule has 0 aliphatic heterocycles. The summed E-state index contributed by atoms with van der Waals surface area (Å²) in [5.41, 5.74) is 0.0628. The highest BCUT2D eigenvalue weighted by Gasteiger charge is 2.42. The minimum atomic E-state index is -1.87. The van der Waals surface area contributed by atoms with E-state index in [0.29, 0.717) is 37.7 Å². The van der Waals surface area contributed by atoms with Crippen molar-refractivity contribution in [2.75, 3.05) is 38.3 Å². The van der Waals surface area contributed by atoms with Gasteiger partial charge in [-0.25, -0.2) is 4.79 Å². The minimum absolute atomic E-state index is 0. The van der Waals surface area contributed by atoms with Crippen molar-refractivity contribution in [2.24, 2.45) is 0 Å². The van der Waals surface area contributed by atoms with Crippen molar-refractivity contribution >= 4 is 12.8 Å². The molecule has 108 valence electrons. The second-order valence-corrected chi connectivity index (χ2v) is 8.16. The number of carbonyl (C=O) groups excluding carboxylic acids is 1. The Morgan fingerprint density at radius 2 is 1.28 bits per heavy atom. The highest BCUT2D eigenvalue weighted by Crippen LogP contribution is 2.61. The Bertz CT molecular complexity index is 214. The van der Waals surface area contributed by atoms with Gasteiger partial charge >= 0.3 is 0 Å². The maximum absolute atomic E-state index is 12.0. The van der Waals surface area contributed by atoms with E-state index >= 15 is 0 Å². The highest BCUT2D eigenvalue weighted by molar-refractivity contribution is 7.91. The van der Waals surface area contributed by atoms with Gasteiger partial charge in [0.1, 0.15) is 0 Å². The molecule has 0 saturated heterocycles. The topological polar surface area (TPSA) is 77.8 Å². The van der Waals surface area contributed by atoms with Crippen LogP contribution >= 0.6 is 7.26 Å². The Kier molecular flexibility index (Phi) is 13.6. The monoisotopic (exact) mass is 298 g/mol. The number of allylic oxidation sites excluding steroid dienone is 1. The lowest BCUT2D eigenvalue weighted by Gasteiger charge is -2.23. The van der Waals surface area contributed by atoms with E-state index in [1.807, 2.05) is 0 Å². The lowest BCUT2D eigenvalue weighted by atomic mass is 10.5. The van der Waals surface area contributed by atoms with Crippen LogP contribution in [0, 0.1) is 0 Å². The maximum Gasteiger partial charge on any atom is 0.290 e. The van der Waals surface area contributed by atoms with Gasteiger partial charge in [0.15, 0.2) is 0 Å². The SMILES string of the molecule is C=CC(=O)[P+](CCCO)(CCCO)CCCO.[Cl-]. The molecule has 0 aliphatic carbocycles. The number of halogens is 1. The fraction of sp³-hybridized carbons (Fsp3) is 0.750. The van der Waals surface area contributed by atoms with E-state index in [-0.39, 0.29) is 37.8 Å². The normalized spacial score (nSPS) is 10.8. The minimum Gasteiger partial charge on any atom is -1.00 e. The summed E-state index contributed by atoms with van der Waals surface area (Å²) >= 11 is 0. The molecule has 3 N–H and O–H groups in total. The van der Waals surface area contributed by atoms with Gasteiger partial charge in [-0.3, -0.25) is 0 Å². The van der Waals surface area contributed by atoms with Crippen molar-refractivity contribution in [3.63, 3.8) is 0 Å². The summed E-state index contributed by atoms with van der Waals surface area (Å²) in [6, 6.07) is 0. The molecule has 0 saturated carbocycles. The lowest BCUT2D eigenvalue weighted by Crippen LogP contribution is -3.00. The number of carbonyl (C=O) groups is 1. The number of hydrogen-bond acceptors (Lipinski definition) is 4. The maximum atomic E-state index is 12.0. The molecule has 0 unspecified atom stereocenters. The third kappa shape index (κ3) is 6.81. The molecule has 4 nitrogen and oxygen atoms in total. The predicted molar refractivity (Wildman–Crippen MR) is 71.8 cm³/mol. The van der Waals surface area contributed by atoms with Gasteiger partial charge in [0.05, 0.1) is 25.7 Å². The molecule has 0 spiro atoms. The van der Waals surface area contributed by atoms with Crippen LogP contribution in [0.2, 0.25) is 0 Å². The molecular weight excluding hydrogens is 275 g/mol. The Morgan fingerprint density at radius 1 is 0.944 bits per heavy atom. The first-order valence-corrected chi connectivity index (χ1v) is 8.37. The van der Waals surface area contributed by atoms with E-state index in [4.69, 9.17) is 15.3 Å². The van der Waals surface area contributed by atoms with E-state index < -0.39 is 7.26 Å². The average Bonchev–Trinajstić information content (AvgIpc) is 2.37. The van der Waals surface area contributed by atoms with Crippen LogP contribution in [0.4, 0.5) is 0 Å². The van der Waals surface area contributed by atoms with Crippen LogP contribution < -0.4 is 12.4 Å². The van der Waals surface area contributed by atoms with Crippen LogP contribution in [-0.4, -0.2) is 59.2 Å². The van der Waals surface area contributed by atoms with Crippen molar-refractivity contribution in [1.82, 2.24) is 0 Å². The number of aliphatic hydroxyl groups excluding tert-OH is 3. The summed E-state index contributed by atoms with van der Waals surface area (Å²) < 4.78 is 0. The summed E-state index contributed by atoms with van der Waals surface area (Å²) in [4.78, 5) is 12.0. The fourth-order valence-electron chi connectivity index (χ4n) is 1.98. The molecule has 0 aliphatic rings. The molecule has 0 aromatic carbocycles. The van der Waals surface area contributed by atoms with Gasteiger partial charge in [-0.05, 0) is 0 Å². The average molecular weight is 299 g/mol. The second kappa shape index (κ2) is 12.1. The summed E-state index contributed by atoms with van der Waals surface area (Å²) in [6.45, 7) is 3.76. The van der Waals surface area contributed by atoms with E-state index in [9.17, 15) is 4.79 Å². The summed E-state index contributed by atoms with van der Waals surface area (Å²) in [5.74, 6) is 0. The molecule has 0 bridgehead atoms. The Hall–Kier alpha value is 0.01000. The molecule has 0 heterocycles. The van der Waals surface area contributed by atoms with Gasteiger partial charge in [0, 0.05) is 45.2 Å². The molecule has 0 fully saturated rings.